The third-order valence-corrected chi connectivity index (χ3v) is 5.49. The Labute approximate surface area is 179 Å². The van der Waals surface area contributed by atoms with Crippen molar-refractivity contribution in [1.29, 1.82) is 0 Å². The van der Waals surface area contributed by atoms with Gasteiger partial charge in [-0.25, -0.2) is 4.39 Å². The summed E-state index contributed by atoms with van der Waals surface area (Å²) in [4.78, 5) is 23.4. The molecule has 8 heteroatoms. The lowest BCUT2D eigenvalue weighted by Gasteiger charge is -2.37. The van der Waals surface area contributed by atoms with Crippen LogP contribution in [0.3, 0.4) is 0 Å². The van der Waals surface area contributed by atoms with E-state index in [-0.39, 0.29) is 36.0 Å². The second kappa shape index (κ2) is 8.62. The van der Waals surface area contributed by atoms with Gasteiger partial charge in [-0.2, -0.15) is 0 Å². The van der Waals surface area contributed by atoms with E-state index in [1.165, 1.54) is 19.1 Å². The number of Topliss-reactive ketones (excluding diaryl/α,β-unsaturated/α-hetero) is 1. The molecule has 0 bridgehead atoms. The molecule has 3 rings (SSSR count). The second-order valence-corrected chi connectivity index (χ2v) is 8.45. The van der Waals surface area contributed by atoms with Crippen molar-refractivity contribution in [3.8, 4) is 5.75 Å². The lowest BCUT2D eigenvalue weighted by atomic mass is 9.90. The molecule has 160 valence electrons. The van der Waals surface area contributed by atoms with Crippen LogP contribution in [0.15, 0.2) is 36.4 Å². The van der Waals surface area contributed by atoms with Gasteiger partial charge in [0.05, 0.1) is 22.5 Å². The molecule has 1 unspecified atom stereocenters. The largest absolute Gasteiger partial charge is 0.492 e. The van der Waals surface area contributed by atoms with Gasteiger partial charge in [-0.1, -0.05) is 11.6 Å². The average molecular weight is 435 g/mol. The fraction of sp³-hybridized carbons (Fsp3) is 0.364. The number of benzene rings is 2. The maximum atomic E-state index is 13.6. The molecular formula is C22H24ClFN2O4. The molecule has 6 nitrogen and oxygen atoms in total. The van der Waals surface area contributed by atoms with Gasteiger partial charge in [0.25, 0.3) is 0 Å². The van der Waals surface area contributed by atoms with Gasteiger partial charge in [0.2, 0.25) is 0 Å². The van der Waals surface area contributed by atoms with E-state index in [0.29, 0.717) is 17.0 Å². The Kier molecular flexibility index (Phi) is 6.33. The molecule has 1 aliphatic heterocycles. The third kappa shape index (κ3) is 4.74. The van der Waals surface area contributed by atoms with E-state index >= 15 is 0 Å². The first-order chi connectivity index (χ1) is 14.1. The summed E-state index contributed by atoms with van der Waals surface area (Å²) in [6.07, 6.45) is 0. The molecule has 0 aromatic heterocycles. The first-order valence-corrected chi connectivity index (χ1v) is 9.92. The maximum absolute atomic E-state index is 13.6. The molecule has 0 fully saturated rings. The Balaban J connectivity index is 1.95. The third-order valence-electron chi connectivity index (χ3n) is 5.20. The van der Waals surface area contributed by atoms with Crippen LogP contribution in [-0.2, 0) is 4.79 Å². The number of carboxylic acid groups (broad SMARTS) is 1. The van der Waals surface area contributed by atoms with E-state index < -0.39 is 17.2 Å². The topological polar surface area (TPSA) is 87.7 Å². The quantitative estimate of drug-likeness (QED) is 0.563. The summed E-state index contributed by atoms with van der Waals surface area (Å²) in [6, 6.07) is 8.87. The molecule has 2 atom stereocenters. The SMILES string of the molecule is CC(=O)c1ccc2c(c1)[C@H](Nc1ccc(F)c(Cl)c1)C(NCC(C)(C)C(=O)O)CO2. The number of ketones is 1. The van der Waals surface area contributed by atoms with Crippen LogP contribution in [0.1, 0.15) is 42.7 Å². The van der Waals surface area contributed by atoms with E-state index in [9.17, 15) is 19.1 Å². The molecule has 0 amide bonds. The van der Waals surface area contributed by atoms with Gasteiger partial charge in [0.15, 0.2) is 5.78 Å². The summed E-state index contributed by atoms with van der Waals surface area (Å²) in [5.41, 5.74) is 0.898. The van der Waals surface area contributed by atoms with Gasteiger partial charge in [0, 0.05) is 23.4 Å². The number of hydrogen-bond acceptors (Lipinski definition) is 5. The highest BCUT2D eigenvalue weighted by Crippen LogP contribution is 2.36. The highest BCUT2D eigenvalue weighted by atomic mass is 35.5. The average Bonchev–Trinajstić information content (AvgIpc) is 2.69. The second-order valence-electron chi connectivity index (χ2n) is 8.05. The minimum atomic E-state index is -0.981. The van der Waals surface area contributed by atoms with Gasteiger partial charge in [-0.3, -0.25) is 9.59 Å². The number of carboxylic acids is 1. The Morgan fingerprint density at radius 1 is 1.27 bits per heavy atom. The number of hydrogen-bond donors (Lipinski definition) is 3. The van der Waals surface area contributed by atoms with Crippen LogP contribution in [0.2, 0.25) is 5.02 Å². The van der Waals surface area contributed by atoms with Gasteiger partial charge in [0.1, 0.15) is 18.2 Å². The number of aliphatic carboxylic acids is 1. The van der Waals surface area contributed by atoms with Crippen molar-refractivity contribution >= 4 is 29.0 Å². The van der Waals surface area contributed by atoms with E-state index in [4.69, 9.17) is 16.3 Å². The number of carbonyl (C=O) groups excluding carboxylic acids is 1. The summed E-state index contributed by atoms with van der Waals surface area (Å²) in [5.74, 6) is -0.892. The van der Waals surface area contributed by atoms with E-state index in [0.717, 1.165) is 5.56 Å². The van der Waals surface area contributed by atoms with Crippen molar-refractivity contribution in [1.82, 2.24) is 5.32 Å². The number of nitrogens with one attached hydrogen (secondary N) is 2. The lowest BCUT2D eigenvalue weighted by molar-refractivity contribution is -0.146. The minimum absolute atomic E-state index is 0.0127. The predicted octanol–water partition coefficient (Wildman–Crippen LogP) is 4.30. The van der Waals surface area contributed by atoms with E-state index in [1.54, 1.807) is 38.1 Å². The Hall–Kier alpha value is -2.64. The summed E-state index contributed by atoms with van der Waals surface area (Å²) in [6.45, 7) is 5.25. The van der Waals surface area contributed by atoms with E-state index in [1.807, 2.05) is 0 Å². The standard InChI is InChI=1S/C22H24ClFN2O4/c1-12(27)13-4-7-19-15(8-13)20(26-14-5-6-17(24)16(23)9-14)18(10-30-19)25-11-22(2,3)21(28)29/h4-9,18,20,25-26H,10-11H2,1-3H3,(H,28,29)/t18?,20-/m0/s1. The van der Waals surface area contributed by atoms with Crippen LogP contribution in [-0.4, -0.2) is 36.1 Å². The molecule has 0 radical (unpaired) electrons. The van der Waals surface area contributed by atoms with E-state index in [2.05, 4.69) is 10.6 Å². The van der Waals surface area contributed by atoms with Crippen LogP contribution in [0.5, 0.6) is 5.75 Å². The molecule has 2 aromatic rings. The molecule has 0 spiro atoms. The summed E-state index contributed by atoms with van der Waals surface area (Å²) in [5, 5.41) is 16.0. The zero-order valence-electron chi connectivity index (χ0n) is 17.0. The summed E-state index contributed by atoms with van der Waals surface area (Å²) >= 11 is 5.93. The van der Waals surface area contributed by atoms with Crippen molar-refractivity contribution in [3.05, 3.63) is 58.4 Å². The van der Waals surface area contributed by atoms with Crippen molar-refractivity contribution in [2.75, 3.05) is 18.5 Å². The van der Waals surface area contributed by atoms with Crippen molar-refractivity contribution in [2.24, 2.45) is 5.41 Å². The van der Waals surface area contributed by atoms with Gasteiger partial charge in [-0.15, -0.1) is 0 Å². The maximum Gasteiger partial charge on any atom is 0.310 e. The predicted molar refractivity (Wildman–Crippen MR) is 113 cm³/mol. The number of carbonyl (C=O) groups is 2. The summed E-state index contributed by atoms with van der Waals surface area (Å²) in [7, 11) is 0. The molecule has 30 heavy (non-hydrogen) atoms. The van der Waals surface area contributed by atoms with Crippen LogP contribution in [0.4, 0.5) is 10.1 Å². The molecule has 1 heterocycles. The van der Waals surface area contributed by atoms with Crippen LogP contribution < -0.4 is 15.4 Å². The molecule has 0 saturated carbocycles. The first kappa shape index (κ1) is 22.1. The van der Waals surface area contributed by atoms with Crippen molar-refractivity contribution < 1.29 is 23.8 Å². The Morgan fingerprint density at radius 2 is 2.00 bits per heavy atom. The van der Waals surface area contributed by atoms with Crippen molar-refractivity contribution in [3.63, 3.8) is 0 Å². The number of rotatable bonds is 7. The molecular weight excluding hydrogens is 411 g/mol. The molecule has 1 aliphatic rings. The smallest absolute Gasteiger partial charge is 0.310 e. The van der Waals surface area contributed by atoms with Crippen LogP contribution in [0.25, 0.3) is 0 Å². The number of anilines is 1. The Bertz CT molecular complexity index is 980. The minimum Gasteiger partial charge on any atom is -0.492 e. The lowest BCUT2D eigenvalue weighted by Crippen LogP contribution is -2.49. The Morgan fingerprint density at radius 3 is 2.63 bits per heavy atom. The monoisotopic (exact) mass is 434 g/mol. The summed E-state index contributed by atoms with van der Waals surface area (Å²) < 4.78 is 19.4. The number of ether oxygens (including phenoxy) is 1. The fourth-order valence-corrected chi connectivity index (χ4v) is 3.40. The molecule has 0 saturated heterocycles. The van der Waals surface area contributed by atoms with Gasteiger partial charge in [-0.05, 0) is 57.2 Å². The highest BCUT2D eigenvalue weighted by molar-refractivity contribution is 6.31. The highest BCUT2D eigenvalue weighted by Gasteiger charge is 2.34. The molecule has 3 N–H and O–H groups in total. The van der Waals surface area contributed by atoms with Crippen LogP contribution in [0, 0.1) is 11.2 Å². The zero-order valence-corrected chi connectivity index (χ0v) is 17.7. The number of halogens is 2. The normalized spacial score (nSPS) is 18.3. The van der Waals surface area contributed by atoms with Gasteiger partial charge >= 0.3 is 5.97 Å². The number of fused-ring (bicyclic) bond motifs is 1. The molecule has 0 aliphatic carbocycles. The fourth-order valence-electron chi connectivity index (χ4n) is 3.22. The van der Waals surface area contributed by atoms with Crippen molar-refractivity contribution in [2.45, 2.75) is 32.9 Å². The van der Waals surface area contributed by atoms with Gasteiger partial charge < -0.3 is 20.5 Å². The first-order valence-electron chi connectivity index (χ1n) is 9.54. The van der Waals surface area contributed by atoms with Crippen LogP contribution >= 0.6 is 11.6 Å². The zero-order chi connectivity index (χ0) is 22.1. The molecule has 2 aromatic carbocycles.